The molecule has 0 amide bonds. The van der Waals surface area contributed by atoms with E-state index in [0.717, 1.165) is 6.42 Å². The molecule has 0 saturated carbocycles. The Hall–Kier alpha value is -0.0800. The number of hydrogen-bond donors (Lipinski definition) is 1. The van der Waals surface area contributed by atoms with Gasteiger partial charge in [-0.15, -0.1) is 0 Å². The first kappa shape index (κ1) is 10.9. The van der Waals surface area contributed by atoms with Crippen LogP contribution in [0.25, 0.3) is 0 Å². The fraction of sp³-hybridized carbons (Fsp3) is 1.00. The molecule has 0 saturated heterocycles. The summed E-state index contributed by atoms with van der Waals surface area (Å²) in [4.78, 5) is 4.47. The van der Waals surface area contributed by atoms with Gasteiger partial charge in [0.15, 0.2) is 0 Å². The Morgan fingerprint density at radius 2 is 1.82 bits per heavy atom. The van der Waals surface area contributed by atoms with Crippen LogP contribution in [0, 0.1) is 11.3 Å². The summed E-state index contributed by atoms with van der Waals surface area (Å²) in [7, 11) is 0. The Bertz CT molecular complexity index is 105. The van der Waals surface area contributed by atoms with E-state index in [-0.39, 0.29) is 11.5 Å². The topological polar surface area (TPSA) is 29.5 Å². The fourth-order valence-electron chi connectivity index (χ4n) is 1.33. The molecule has 0 radical (unpaired) electrons. The van der Waals surface area contributed by atoms with Gasteiger partial charge < -0.3 is 0 Å². The average molecular weight is 160 g/mol. The molecule has 0 aliphatic heterocycles. The minimum Gasteiger partial charge on any atom is -0.252 e. The van der Waals surface area contributed by atoms with Gasteiger partial charge in [-0.3, -0.25) is 5.26 Å². The van der Waals surface area contributed by atoms with Gasteiger partial charge in [0.05, 0.1) is 0 Å². The van der Waals surface area contributed by atoms with Gasteiger partial charge in [0.2, 0.25) is 0 Å². The molecule has 0 aromatic heterocycles. The van der Waals surface area contributed by atoms with Crippen LogP contribution >= 0.6 is 0 Å². The molecule has 0 fully saturated rings. The first-order valence-corrected chi connectivity index (χ1v) is 4.23. The molecule has 2 nitrogen and oxygen atoms in total. The second kappa shape index (κ2) is 4.07. The molecule has 0 aliphatic rings. The minimum absolute atomic E-state index is 0.0180. The largest absolute Gasteiger partial charge is 0.252 e. The van der Waals surface area contributed by atoms with Crippen molar-refractivity contribution in [2.45, 2.75) is 47.1 Å². The predicted octanol–water partition coefficient (Wildman–Crippen LogP) is 2.94. The van der Waals surface area contributed by atoms with Gasteiger partial charge >= 0.3 is 0 Å². The van der Waals surface area contributed by atoms with Crippen LogP contribution in [0.4, 0.5) is 0 Å². The van der Waals surface area contributed by atoms with E-state index in [4.69, 9.17) is 5.26 Å². The molecule has 2 unspecified atom stereocenters. The molecule has 0 bridgehead atoms. The lowest BCUT2D eigenvalue weighted by Gasteiger charge is -2.31. The van der Waals surface area contributed by atoms with Crippen LogP contribution in [0.2, 0.25) is 0 Å². The summed E-state index contributed by atoms with van der Waals surface area (Å²) < 4.78 is 0. The smallest absolute Gasteiger partial charge is 0.100 e. The third kappa shape index (κ3) is 3.21. The van der Waals surface area contributed by atoms with Crippen LogP contribution in [-0.2, 0) is 4.89 Å². The average Bonchev–Trinajstić information content (AvgIpc) is 1.86. The summed E-state index contributed by atoms with van der Waals surface area (Å²) in [6.07, 6.45) is 0.968. The summed E-state index contributed by atoms with van der Waals surface area (Å²) >= 11 is 0. The molecule has 0 aromatic rings. The molecule has 0 aliphatic carbocycles. The van der Waals surface area contributed by atoms with Gasteiger partial charge in [-0.05, 0) is 11.3 Å². The molecule has 0 rings (SSSR count). The van der Waals surface area contributed by atoms with Crippen LogP contribution < -0.4 is 0 Å². The normalized spacial score (nSPS) is 18.0. The summed E-state index contributed by atoms with van der Waals surface area (Å²) in [6.45, 7) is 10.4. The van der Waals surface area contributed by atoms with Crippen LogP contribution in [0.5, 0.6) is 0 Å². The maximum absolute atomic E-state index is 8.66. The highest BCUT2D eigenvalue weighted by Gasteiger charge is 2.29. The van der Waals surface area contributed by atoms with Crippen molar-refractivity contribution in [2.24, 2.45) is 11.3 Å². The Morgan fingerprint density at radius 3 is 1.91 bits per heavy atom. The lowest BCUT2D eigenvalue weighted by molar-refractivity contribution is -0.310. The highest BCUT2D eigenvalue weighted by molar-refractivity contribution is 4.77. The third-order valence-electron chi connectivity index (χ3n) is 2.13. The third-order valence-corrected chi connectivity index (χ3v) is 2.13. The van der Waals surface area contributed by atoms with Crippen molar-refractivity contribution in [3.63, 3.8) is 0 Å². The Labute approximate surface area is 69.5 Å². The Balaban J connectivity index is 4.16. The van der Waals surface area contributed by atoms with Gasteiger partial charge in [0, 0.05) is 0 Å². The Morgan fingerprint density at radius 1 is 1.36 bits per heavy atom. The SMILES string of the molecule is CCC(C)C(OO)C(C)(C)C. The van der Waals surface area contributed by atoms with Gasteiger partial charge in [-0.1, -0.05) is 41.0 Å². The maximum Gasteiger partial charge on any atom is 0.100 e. The second-order valence-corrected chi connectivity index (χ2v) is 4.28. The van der Waals surface area contributed by atoms with Crippen molar-refractivity contribution >= 4 is 0 Å². The lowest BCUT2D eigenvalue weighted by Crippen LogP contribution is -2.34. The molecular weight excluding hydrogens is 140 g/mol. The zero-order valence-corrected chi connectivity index (χ0v) is 8.22. The first-order valence-electron chi connectivity index (χ1n) is 4.23. The zero-order valence-electron chi connectivity index (χ0n) is 8.22. The van der Waals surface area contributed by atoms with Crippen LogP contribution in [0.15, 0.2) is 0 Å². The van der Waals surface area contributed by atoms with Crippen molar-refractivity contribution in [1.29, 1.82) is 0 Å². The zero-order chi connectivity index (χ0) is 9.07. The number of rotatable bonds is 3. The van der Waals surface area contributed by atoms with Crippen LogP contribution in [0.1, 0.15) is 41.0 Å². The van der Waals surface area contributed by atoms with E-state index in [1.807, 2.05) is 0 Å². The summed E-state index contributed by atoms with van der Waals surface area (Å²) in [5, 5.41) is 8.66. The number of hydrogen-bond acceptors (Lipinski definition) is 2. The van der Waals surface area contributed by atoms with Crippen molar-refractivity contribution in [1.82, 2.24) is 0 Å². The minimum atomic E-state index is -0.0625. The molecule has 0 aromatic carbocycles. The summed E-state index contributed by atoms with van der Waals surface area (Å²) in [5.74, 6) is 0.403. The standard InChI is InChI=1S/C9H20O2/c1-6-7(2)8(11-10)9(3,4)5/h7-8,10H,6H2,1-5H3. The van der Waals surface area contributed by atoms with E-state index in [9.17, 15) is 0 Å². The van der Waals surface area contributed by atoms with E-state index in [0.29, 0.717) is 5.92 Å². The van der Waals surface area contributed by atoms with Crippen molar-refractivity contribution in [3.8, 4) is 0 Å². The monoisotopic (exact) mass is 160 g/mol. The molecule has 68 valence electrons. The summed E-state index contributed by atoms with van der Waals surface area (Å²) in [6, 6.07) is 0. The van der Waals surface area contributed by atoms with Gasteiger partial charge in [0.25, 0.3) is 0 Å². The Kier molecular flexibility index (Phi) is 4.04. The molecule has 11 heavy (non-hydrogen) atoms. The molecule has 2 heteroatoms. The van der Waals surface area contributed by atoms with E-state index in [2.05, 4.69) is 39.5 Å². The first-order chi connectivity index (χ1) is 4.93. The predicted molar refractivity (Wildman–Crippen MR) is 46.4 cm³/mol. The molecule has 2 atom stereocenters. The van der Waals surface area contributed by atoms with E-state index < -0.39 is 0 Å². The highest BCUT2D eigenvalue weighted by Crippen LogP contribution is 2.28. The molecule has 0 spiro atoms. The van der Waals surface area contributed by atoms with Crippen molar-refractivity contribution in [2.75, 3.05) is 0 Å². The molecule has 0 heterocycles. The molecular formula is C9H20O2. The van der Waals surface area contributed by atoms with Gasteiger partial charge in [0.1, 0.15) is 6.10 Å². The van der Waals surface area contributed by atoms with E-state index >= 15 is 0 Å². The maximum atomic E-state index is 8.66. The molecule has 1 N–H and O–H groups in total. The van der Waals surface area contributed by atoms with Crippen molar-refractivity contribution in [3.05, 3.63) is 0 Å². The summed E-state index contributed by atoms with van der Waals surface area (Å²) in [5.41, 5.74) is 0.0180. The van der Waals surface area contributed by atoms with E-state index in [1.165, 1.54) is 0 Å². The lowest BCUT2D eigenvalue weighted by atomic mass is 9.81. The van der Waals surface area contributed by atoms with Gasteiger partial charge in [-0.2, -0.15) is 0 Å². The second-order valence-electron chi connectivity index (χ2n) is 4.28. The highest BCUT2D eigenvalue weighted by atomic mass is 17.1. The van der Waals surface area contributed by atoms with Crippen LogP contribution in [-0.4, -0.2) is 11.4 Å². The quantitative estimate of drug-likeness (QED) is 0.508. The fourth-order valence-corrected chi connectivity index (χ4v) is 1.33. The van der Waals surface area contributed by atoms with Crippen molar-refractivity contribution < 1.29 is 10.1 Å². The van der Waals surface area contributed by atoms with E-state index in [1.54, 1.807) is 0 Å². The van der Waals surface area contributed by atoms with Gasteiger partial charge in [-0.25, -0.2) is 4.89 Å². The van der Waals surface area contributed by atoms with Crippen LogP contribution in [0.3, 0.4) is 0 Å².